The maximum absolute atomic E-state index is 3.37. The van der Waals surface area contributed by atoms with Gasteiger partial charge in [-0.2, -0.15) is 0 Å². The van der Waals surface area contributed by atoms with Crippen LogP contribution in [-0.4, -0.2) is 0 Å². The molecule has 35 heavy (non-hydrogen) atoms. The topological polar surface area (TPSA) is 7.76 Å². The van der Waals surface area contributed by atoms with Crippen LogP contribution in [0.25, 0.3) is 0 Å². The van der Waals surface area contributed by atoms with Crippen molar-refractivity contribution in [3.05, 3.63) is 60.2 Å². The second-order valence-electron chi connectivity index (χ2n) is 9.36. The van der Waals surface area contributed by atoms with Gasteiger partial charge in [0.2, 0.25) is 0 Å². The molecule has 0 amide bonds. The molecule has 0 atom stereocenters. The lowest BCUT2D eigenvalue weighted by atomic mass is 10.1. The third kappa shape index (κ3) is 14.5. The summed E-state index contributed by atoms with van der Waals surface area (Å²) in [5.41, 5.74) is 2.29. The Bertz CT molecular complexity index is 872. The molecule has 0 aromatic carbocycles. The molecular formula is C31H42Br2N2. The second-order valence-corrected chi connectivity index (χ2v) is 9.36. The summed E-state index contributed by atoms with van der Waals surface area (Å²) in [6.45, 7) is 2.22. The fourth-order valence-electron chi connectivity index (χ4n) is 4.41. The van der Waals surface area contributed by atoms with E-state index in [9.17, 15) is 0 Å². The molecule has 2 nitrogen and oxygen atoms in total. The van der Waals surface area contributed by atoms with E-state index in [1.165, 1.54) is 83.5 Å². The lowest BCUT2D eigenvalue weighted by Crippen LogP contribution is -3.00. The number of nitrogens with zero attached hydrogens (tertiary/aromatic N) is 2. The van der Waals surface area contributed by atoms with Crippen LogP contribution >= 0.6 is 0 Å². The van der Waals surface area contributed by atoms with Crippen LogP contribution in [0.2, 0.25) is 0 Å². The number of hydrogen-bond acceptors (Lipinski definition) is 0. The number of aromatic nitrogens is 2. The van der Waals surface area contributed by atoms with Crippen molar-refractivity contribution >= 4 is 0 Å². The van der Waals surface area contributed by atoms with Gasteiger partial charge in [0.1, 0.15) is 13.1 Å². The Morgan fingerprint density at radius 3 is 1.29 bits per heavy atom. The van der Waals surface area contributed by atoms with Crippen LogP contribution in [0, 0.1) is 23.7 Å². The van der Waals surface area contributed by atoms with Crippen molar-refractivity contribution in [3.8, 4) is 23.7 Å². The molecule has 0 saturated heterocycles. The summed E-state index contributed by atoms with van der Waals surface area (Å²) in [5, 5.41) is 0. The van der Waals surface area contributed by atoms with Gasteiger partial charge < -0.3 is 34.0 Å². The largest absolute Gasteiger partial charge is 1.00 e. The Hall–Kier alpha value is -1.62. The standard InChI is InChI=1S/C31H42N2.2BrH/c1-4-8-12-16-24-32-26-18-22-30(28-32)20-14-10-6-2-3-7-11-15-21-31-23-19-27-33(29-31)25-17-13-9-5-1;;/h18-19,22-23,26-29H,1-13,16-17,24-25H2;2*1H/q+2;;/p-2. The first-order chi connectivity index (χ1) is 16.4. The molecule has 0 aliphatic carbocycles. The van der Waals surface area contributed by atoms with Crippen molar-refractivity contribution in [1.82, 2.24) is 0 Å². The minimum Gasteiger partial charge on any atom is -1.00 e. The van der Waals surface area contributed by atoms with Crippen LogP contribution in [0.5, 0.6) is 0 Å². The highest BCUT2D eigenvalue weighted by atomic mass is 79.9. The van der Waals surface area contributed by atoms with Crippen LogP contribution in [0.1, 0.15) is 107 Å². The first-order valence-electron chi connectivity index (χ1n) is 13.4. The molecular weight excluding hydrogens is 560 g/mol. The summed E-state index contributed by atoms with van der Waals surface area (Å²) in [6.07, 6.45) is 27.7. The van der Waals surface area contributed by atoms with E-state index in [1.54, 1.807) is 0 Å². The van der Waals surface area contributed by atoms with E-state index < -0.39 is 0 Å². The Labute approximate surface area is 235 Å². The highest BCUT2D eigenvalue weighted by Crippen LogP contribution is 2.10. The number of pyridine rings is 2. The fourth-order valence-corrected chi connectivity index (χ4v) is 4.41. The van der Waals surface area contributed by atoms with Crippen LogP contribution in [0.4, 0.5) is 0 Å². The van der Waals surface area contributed by atoms with Gasteiger partial charge >= 0.3 is 0 Å². The van der Waals surface area contributed by atoms with Gasteiger partial charge in [-0.1, -0.05) is 68.6 Å². The van der Waals surface area contributed by atoms with Gasteiger partial charge in [0, 0.05) is 37.8 Å². The van der Waals surface area contributed by atoms with Crippen molar-refractivity contribution < 1.29 is 43.1 Å². The monoisotopic (exact) mass is 600 g/mol. The first-order valence-corrected chi connectivity index (χ1v) is 13.4. The zero-order valence-electron chi connectivity index (χ0n) is 21.3. The SMILES string of the molecule is C1#Cc2ccc[n+](c2)CCCCCCCCCCC[n+]2cccc(c2)C#CCCCCCC1.[Br-].[Br-]. The van der Waals surface area contributed by atoms with Gasteiger partial charge in [0.15, 0.2) is 24.8 Å². The molecule has 1 aliphatic rings. The van der Waals surface area contributed by atoms with E-state index in [0.29, 0.717) is 0 Å². The molecule has 1 aliphatic heterocycles. The zero-order valence-corrected chi connectivity index (χ0v) is 24.5. The predicted octanol–water partition coefficient (Wildman–Crippen LogP) is 0.538. The number of fused-ring (bicyclic) bond motifs is 4. The Balaban J connectivity index is 0.00000306. The predicted molar refractivity (Wildman–Crippen MR) is 136 cm³/mol. The molecule has 3 rings (SSSR count). The summed E-state index contributed by atoms with van der Waals surface area (Å²) in [6, 6.07) is 8.54. The molecule has 0 N–H and O–H groups in total. The van der Waals surface area contributed by atoms with E-state index >= 15 is 0 Å². The van der Waals surface area contributed by atoms with Crippen molar-refractivity contribution in [2.75, 3.05) is 0 Å². The van der Waals surface area contributed by atoms with Gasteiger partial charge in [-0.05, 0) is 37.8 Å². The summed E-state index contributed by atoms with van der Waals surface area (Å²) in [7, 11) is 0. The van der Waals surface area contributed by atoms with Crippen molar-refractivity contribution in [2.45, 2.75) is 109 Å². The normalized spacial score (nSPS) is 16.5. The Morgan fingerprint density at radius 2 is 0.857 bits per heavy atom. The van der Waals surface area contributed by atoms with E-state index in [-0.39, 0.29) is 34.0 Å². The van der Waals surface area contributed by atoms with Crippen molar-refractivity contribution in [2.24, 2.45) is 0 Å². The van der Waals surface area contributed by atoms with Gasteiger partial charge in [-0.25, -0.2) is 9.13 Å². The van der Waals surface area contributed by atoms with E-state index in [4.69, 9.17) is 0 Å². The van der Waals surface area contributed by atoms with Gasteiger partial charge in [0.25, 0.3) is 0 Å². The zero-order chi connectivity index (χ0) is 22.8. The number of hydrogen-bond donors (Lipinski definition) is 0. The summed E-state index contributed by atoms with van der Waals surface area (Å²) < 4.78 is 4.62. The average molecular weight is 602 g/mol. The van der Waals surface area contributed by atoms with E-state index in [2.05, 4.69) is 81.9 Å². The van der Waals surface area contributed by atoms with Gasteiger partial charge in [-0.3, -0.25) is 0 Å². The summed E-state index contributed by atoms with van der Waals surface area (Å²) in [4.78, 5) is 0. The maximum Gasteiger partial charge on any atom is 0.184 e. The number of aryl methyl sites for hydroxylation is 2. The molecule has 2 aromatic rings. The lowest BCUT2D eigenvalue weighted by Gasteiger charge is -2.02. The van der Waals surface area contributed by atoms with Crippen LogP contribution in [-0.2, 0) is 13.1 Å². The molecule has 0 spiro atoms. The molecule has 4 heteroatoms. The molecule has 2 aromatic heterocycles. The summed E-state index contributed by atoms with van der Waals surface area (Å²) in [5.74, 6) is 13.5. The quantitative estimate of drug-likeness (QED) is 0.308. The molecule has 0 unspecified atom stereocenters. The fraction of sp³-hybridized carbons (Fsp3) is 0.548. The molecule has 4 bridgehead atoms. The number of halogens is 2. The highest BCUT2D eigenvalue weighted by Gasteiger charge is 2.03. The van der Waals surface area contributed by atoms with Crippen molar-refractivity contribution in [3.63, 3.8) is 0 Å². The number of rotatable bonds is 0. The molecule has 0 radical (unpaired) electrons. The van der Waals surface area contributed by atoms with Crippen molar-refractivity contribution in [1.29, 1.82) is 0 Å². The first kappa shape index (κ1) is 31.4. The van der Waals surface area contributed by atoms with E-state index in [0.717, 1.165) is 37.1 Å². The third-order valence-corrected chi connectivity index (χ3v) is 6.37. The summed E-state index contributed by atoms with van der Waals surface area (Å²) >= 11 is 0. The molecule has 0 fully saturated rings. The molecule has 0 saturated carbocycles. The third-order valence-electron chi connectivity index (χ3n) is 6.37. The second kappa shape index (κ2) is 20.6. The Kier molecular flexibility index (Phi) is 18.5. The Morgan fingerprint density at radius 1 is 0.486 bits per heavy atom. The highest BCUT2D eigenvalue weighted by molar-refractivity contribution is 5.30. The minimum atomic E-state index is 0. The smallest absolute Gasteiger partial charge is 0.184 e. The van der Waals surface area contributed by atoms with Crippen LogP contribution in [0.3, 0.4) is 0 Å². The van der Waals surface area contributed by atoms with Crippen LogP contribution < -0.4 is 43.1 Å². The molecule has 3 heterocycles. The van der Waals surface area contributed by atoms with Gasteiger partial charge in [-0.15, -0.1) is 0 Å². The maximum atomic E-state index is 3.37. The van der Waals surface area contributed by atoms with Gasteiger partial charge in [0.05, 0.1) is 11.1 Å². The van der Waals surface area contributed by atoms with Crippen LogP contribution in [0.15, 0.2) is 49.1 Å². The molecule has 190 valence electrons. The average Bonchev–Trinajstić information content (AvgIpc) is 2.84. The lowest BCUT2D eigenvalue weighted by molar-refractivity contribution is -0.697. The van der Waals surface area contributed by atoms with E-state index in [1.807, 2.05) is 0 Å². The minimum absolute atomic E-state index is 0.